The Balaban J connectivity index is 1.45. The normalized spacial score (nSPS) is 10.7. The molecule has 7 heteroatoms. The van der Waals surface area contributed by atoms with Crippen molar-refractivity contribution in [1.82, 2.24) is 20.1 Å². The fraction of sp³-hybridized carbons (Fsp3) is 0.136. The number of aromatic nitrogens is 3. The standard InChI is InChI=1S/C22H20N4O2S/c1-28-19-11-20(18-8-3-2-4-9-18)29-21(19)22(27)24-12-16-6-5-7-17(10-16)13-26-15-23-14-25-26/h2-11,14-15H,12-13H2,1H3,(H,24,27). The number of amides is 1. The molecule has 4 rings (SSSR count). The van der Waals surface area contributed by atoms with Crippen LogP contribution < -0.4 is 10.1 Å². The molecule has 0 aliphatic rings. The Bertz CT molecular complexity index is 1090. The Morgan fingerprint density at radius 3 is 2.69 bits per heavy atom. The molecule has 1 amide bonds. The zero-order valence-electron chi connectivity index (χ0n) is 15.9. The van der Waals surface area contributed by atoms with Gasteiger partial charge in [0.25, 0.3) is 5.91 Å². The summed E-state index contributed by atoms with van der Waals surface area (Å²) in [5.41, 5.74) is 3.19. The van der Waals surface area contributed by atoms with E-state index in [-0.39, 0.29) is 5.91 Å². The van der Waals surface area contributed by atoms with E-state index in [4.69, 9.17) is 4.74 Å². The quantitative estimate of drug-likeness (QED) is 0.506. The van der Waals surface area contributed by atoms with Crippen LogP contribution in [0.5, 0.6) is 5.75 Å². The van der Waals surface area contributed by atoms with Crippen molar-refractivity contribution in [3.63, 3.8) is 0 Å². The molecular weight excluding hydrogens is 384 g/mol. The third kappa shape index (κ3) is 4.52. The van der Waals surface area contributed by atoms with Gasteiger partial charge in [-0.05, 0) is 22.8 Å². The van der Waals surface area contributed by atoms with Gasteiger partial charge < -0.3 is 10.1 Å². The van der Waals surface area contributed by atoms with E-state index >= 15 is 0 Å². The molecule has 29 heavy (non-hydrogen) atoms. The van der Waals surface area contributed by atoms with Crippen molar-refractivity contribution < 1.29 is 9.53 Å². The molecule has 0 spiro atoms. The molecule has 2 aromatic heterocycles. The zero-order chi connectivity index (χ0) is 20.1. The van der Waals surface area contributed by atoms with Crippen LogP contribution in [0.25, 0.3) is 10.4 Å². The van der Waals surface area contributed by atoms with E-state index in [0.717, 1.165) is 21.6 Å². The number of thiophene rings is 1. The molecule has 0 atom stereocenters. The van der Waals surface area contributed by atoms with Crippen molar-refractivity contribution in [3.8, 4) is 16.2 Å². The largest absolute Gasteiger partial charge is 0.495 e. The maximum atomic E-state index is 12.8. The molecule has 6 nitrogen and oxygen atoms in total. The van der Waals surface area contributed by atoms with Crippen molar-refractivity contribution >= 4 is 17.2 Å². The Kier molecular flexibility index (Phi) is 5.67. The van der Waals surface area contributed by atoms with E-state index in [1.54, 1.807) is 18.1 Å². The summed E-state index contributed by atoms with van der Waals surface area (Å²) in [6.07, 6.45) is 3.20. The van der Waals surface area contributed by atoms with Crippen LogP contribution >= 0.6 is 11.3 Å². The lowest BCUT2D eigenvalue weighted by Gasteiger charge is -2.08. The van der Waals surface area contributed by atoms with Crippen molar-refractivity contribution in [2.45, 2.75) is 13.1 Å². The average molecular weight is 404 g/mol. The van der Waals surface area contributed by atoms with Gasteiger partial charge >= 0.3 is 0 Å². The number of nitrogens with zero attached hydrogens (tertiary/aromatic N) is 3. The van der Waals surface area contributed by atoms with Gasteiger partial charge in [-0.25, -0.2) is 9.67 Å². The number of rotatable bonds is 7. The van der Waals surface area contributed by atoms with Crippen LogP contribution in [0.4, 0.5) is 0 Å². The first-order chi connectivity index (χ1) is 14.2. The van der Waals surface area contributed by atoms with Gasteiger partial charge in [-0.1, -0.05) is 54.6 Å². The lowest BCUT2D eigenvalue weighted by Crippen LogP contribution is -2.22. The highest BCUT2D eigenvalue weighted by molar-refractivity contribution is 7.17. The van der Waals surface area contributed by atoms with Gasteiger partial charge in [0.05, 0.1) is 13.7 Å². The monoisotopic (exact) mass is 404 g/mol. The van der Waals surface area contributed by atoms with E-state index in [9.17, 15) is 4.79 Å². The summed E-state index contributed by atoms with van der Waals surface area (Å²) in [7, 11) is 1.58. The summed E-state index contributed by atoms with van der Waals surface area (Å²) < 4.78 is 7.20. The number of hydrogen-bond donors (Lipinski definition) is 1. The Labute approximate surface area is 172 Å². The third-order valence-electron chi connectivity index (χ3n) is 4.44. The summed E-state index contributed by atoms with van der Waals surface area (Å²) in [6, 6.07) is 19.9. The highest BCUT2D eigenvalue weighted by Crippen LogP contribution is 2.36. The number of carbonyl (C=O) groups excluding carboxylic acids is 1. The van der Waals surface area contributed by atoms with Gasteiger partial charge in [0.1, 0.15) is 23.3 Å². The van der Waals surface area contributed by atoms with Crippen molar-refractivity contribution in [2.24, 2.45) is 0 Å². The van der Waals surface area contributed by atoms with E-state index in [1.165, 1.54) is 17.7 Å². The first-order valence-corrected chi connectivity index (χ1v) is 9.96. The van der Waals surface area contributed by atoms with Gasteiger partial charge in [-0.15, -0.1) is 11.3 Å². The number of methoxy groups -OCH3 is 1. The van der Waals surface area contributed by atoms with E-state index in [2.05, 4.69) is 21.5 Å². The minimum Gasteiger partial charge on any atom is -0.495 e. The zero-order valence-corrected chi connectivity index (χ0v) is 16.7. The highest BCUT2D eigenvalue weighted by atomic mass is 32.1. The third-order valence-corrected chi connectivity index (χ3v) is 5.60. The average Bonchev–Trinajstić information content (AvgIpc) is 3.43. The second-order valence-electron chi connectivity index (χ2n) is 6.47. The molecule has 146 valence electrons. The van der Waals surface area contributed by atoms with Crippen molar-refractivity contribution in [2.75, 3.05) is 7.11 Å². The summed E-state index contributed by atoms with van der Waals surface area (Å²) in [4.78, 5) is 18.3. The SMILES string of the molecule is COc1cc(-c2ccccc2)sc1C(=O)NCc1cccc(Cn2cncn2)c1. The number of nitrogens with one attached hydrogen (secondary N) is 1. The lowest BCUT2D eigenvalue weighted by molar-refractivity contribution is 0.0952. The summed E-state index contributed by atoms with van der Waals surface area (Å²) in [5.74, 6) is 0.446. The molecule has 0 fully saturated rings. The molecular formula is C22H20N4O2S. The minimum atomic E-state index is -0.143. The minimum absolute atomic E-state index is 0.143. The molecule has 0 unspecified atom stereocenters. The molecule has 0 saturated carbocycles. The smallest absolute Gasteiger partial charge is 0.265 e. The van der Waals surface area contributed by atoms with Crippen LogP contribution in [-0.4, -0.2) is 27.8 Å². The molecule has 0 aliphatic heterocycles. The van der Waals surface area contributed by atoms with Crippen LogP contribution in [0.2, 0.25) is 0 Å². The molecule has 2 heterocycles. The topological polar surface area (TPSA) is 69.0 Å². The van der Waals surface area contributed by atoms with Crippen molar-refractivity contribution in [3.05, 3.63) is 89.3 Å². The van der Waals surface area contributed by atoms with Crippen LogP contribution in [-0.2, 0) is 13.1 Å². The number of carbonyl (C=O) groups is 1. The van der Waals surface area contributed by atoms with Crippen LogP contribution in [0.1, 0.15) is 20.8 Å². The summed E-state index contributed by atoms with van der Waals surface area (Å²) >= 11 is 1.43. The molecule has 4 aromatic rings. The fourth-order valence-corrected chi connectivity index (χ4v) is 4.08. The maximum Gasteiger partial charge on any atom is 0.265 e. The summed E-state index contributed by atoms with van der Waals surface area (Å²) in [5, 5.41) is 7.12. The second-order valence-corrected chi connectivity index (χ2v) is 7.52. The molecule has 0 radical (unpaired) electrons. The highest BCUT2D eigenvalue weighted by Gasteiger charge is 2.17. The van der Waals surface area contributed by atoms with Crippen molar-refractivity contribution in [1.29, 1.82) is 0 Å². The molecule has 0 bridgehead atoms. The predicted molar refractivity (Wildman–Crippen MR) is 113 cm³/mol. The lowest BCUT2D eigenvalue weighted by atomic mass is 10.1. The molecule has 1 N–H and O–H groups in total. The number of benzene rings is 2. The van der Waals surface area contributed by atoms with E-state index in [1.807, 2.05) is 54.6 Å². The van der Waals surface area contributed by atoms with Crippen LogP contribution in [0.15, 0.2) is 73.3 Å². The van der Waals surface area contributed by atoms with Gasteiger partial charge in [0.15, 0.2) is 0 Å². The second kappa shape index (κ2) is 8.70. The maximum absolute atomic E-state index is 12.8. The van der Waals surface area contributed by atoms with E-state index < -0.39 is 0 Å². The Morgan fingerprint density at radius 2 is 1.93 bits per heavy atom. The first kappa shape index (κ1) is 18.9. The number of ether oxygens (including phenoxy) is 1. The number of hydrogen-bond acceptors (Lipinski definition) is 5. The summed E-state index contributed by atoms with van der Waals surface area (Å²) in [6.45, 7) is 1.08. The Morgan fingerprint density at radius 1 is 1.10 bits per heavy atom. The van der Waals surface area contributed by atoms with Gasteiger partial charge in [0.2, 0.25) is 0 Å². The fourth-order valence-electron chi connectivity index (χ4n) is 3.03. The van der Waals surface area contributed by atoms with Crippen LogP contribution in [0.3, 0.4) is 0 Å². The van der Waals surface area contributed by atoms with Gasteiger partial charge in [-0.3, -0.25) is 4.79 Å². The van der Waals surface area contributed by atoms with Gasteiger partial charge in [0, 0.05) is 11.4 Å². The Hall–Kier alpha value is -3.45. The molecule has 0 aliphatic carbocycles. The van der Waals surface area contributed by atoms with Crippen LogP contribution in [0, 0.1) is 0 Å². The molecule has 0 saturated heterocycles. The van der Waals surface area contributed by atoms with Gasteiger partial charge in [-0.2, -0.15) is 5.10 Å². The first-order valence-electron chi connectivity index (χ1n) is 9.14. The van der Waals surface area contributed by atoms with E-state index in [0.29, 0.717) is 23.7 Å². The molecule has 2 aromatic carbocycles. The predicted octanol–water partition coefficient (Wildman–Crippen LogP) is 3.99.